The van der Waals surface area contributed by atoms with E-state index in [4.69, 9.17) is 14.2 Å². The van der Waals surface area contributed by atoms with E-state index in [1.807, 2.05) is 40.7 Å². The Hall–Kier alpha value is -3.81. The maximum atomic E-state index is 13.0. The van der Waals surface area contributed by atoms with E-state index in [1.165, 1.54) is 0 Å². The Balaban J connectivity index is 1.55. The number of para-hydroxylation sites is 1. The third-order valence-corrected chi connectivity index (χ3v) is 5.87. The van der Waals surface area contributed by atoms with Gasteiger partial charge in [-0.3, -0.25) is 9.59 Å². The highest BCUT2D eigenvalue weighted by Crippen LogP contribution is 2.38. The molecule has 0 N–H and O–H groups in total. The van der Waals surface area contributed by atoms with Crippen LogP contribution in [-0.2, 0) is 11.2 Å². The quantitative estimate of drug-likeness (QED) is 0.575. The van der Waals surface area contributed by atoms with Crippen LogP contribution in [0.15, 0.2) is 47.3 Å². The van der Waals surface area contributed by atoms with E-state index in [0.29, 0.717) is 48.0 Å². The summed E-state index contributed by atoms with van der Waals surface area (Å²) in [6.07, 6.45) is 2.92. The normalized spacial score (nSPS) is 13.6. The molecule has 8 heteroatoms. The molecule has 0 saturated carbocycles. The Morgan fingerprint density at radius 3 is 2.36 bits per heavy atom. The van der Waals surface area contributed by atoms with Gasteiger partial charge in [-0.1, -0.05) is 12.1 Å². The van der Waals surface area contributed by atoms with E-state index in [2.05, 4.69) is 4.98 Å². The molecule has 0 radical (unpaired) electrons. The number of amides is 1. The zero-order valence-corrected chi connectivity index (χ0v) is 19.3. The summed E-state index contributed by atoms with van der Waals surface area (Å²) in [7, 11) is 4.65. The SMILES string of the molecule is COc1cc(CC(=O)N2CC=C(n3c(C)nc(=O)c4ccccc43)CC2)cc(OC)c1OC. The van der Waals surface area contributed by atoms with Gasteiger partial charge in [-0.25, -0.2) is 0 Å². The third kappa shape index (κ3) is 4.28. The summed E-state index contributed by atoms with van der Waals surface area (Å²) < 4.78 is 18.2. The number of nitrogens with zero attached hydrogens (tertiary/aromatic N) is 3. The second kappa shape index (κ2) is 9.36. The van der Waals surface area contributed by atoms with Crippen LogP contribution in [0, 0.1) is 6.92 Å². The zero-order valence-electron chi connectivity index (χ0n) is 19.3. The minimum atomic E-state index is -0.224. The molecular weight excluding hydrogens is 422 g/mol. The molecule has 0 fully saturated rings. The molecule has 4 rings (SSSR count). The van der Waals surface area contributed by atoms with Gasteiger partial charge in [-0.15, -0.1) is 0 Å². The predicted molar refractivity (Wildman–Crippen MR) is 126 cm³/mol. The topological polar surface area (TPSA) is 82.9 Å². The Morgan fingerprint density at radius 1 is 1.06 bits per heavy atom. The van der Waals surface area contributed by atoms with Gasteiger partial charge >= 0.3 is 0 Å². The lowest BCUT2D eigenvalue weighted by molar-refractivity contribution is -0.130. The van der Waals surface area contributed by atoms with E-state index in [9.17, 15) is 9.59 Å². The van der Waals surface area contributed by atoms with Crippen LogP contribution in [0.3, 0.4) is 0 Å². The first-order valence-corrected chi connectivity index (χ1v) is 10.7. The third-order valence-electron chi connectivity index (χ3n) is 5.87. The molecular formula is C25H27N3O5. The second-order valence-corrected chi connectivity index (χ2v) is 7.81. The maximum Gasteiger partial charge on any atom is 0.280 e. The highest BCUT2D eigenvalue weighted by atomic mass is 16.5. The number of fused-ring (bicyclic) bond motifs is 1. The molecule has 1 amide bonds. The van der Waals surface area contributed by atoms with E-state index >= 15 is 0 Å². The van der Waals surface area contributed by atoms with Crippen LogP contribution >= 0.6 is 0 Å². The van der Waals surface area contributed by atoms with Crippen LogP contribution in [0.4, 0.5) is 0 Å². The van der Waals surface area contributed by atoms with E-state index in [0.717, 1.165) is 16.8 Å². The van der Waals surface area contributed by atoms with Crippen molar-refractivity contribution in [3.63, 3.8) is 0 Å². The van der Waals surface area contributed by atoms with Crippen LogP contribution in [0.5, 0.6) is 17.2 Å². The molecule has 3 aromatic rings. The number of benzene rings is 2. The Labute approximate surface area is 192 Å². The zero-order chi connectivity index (χ0) is 23.5. The summed E-state index contributed by atoms with van der Waals surface area (Å²) in [5, 5.41) is 0.588. The van der Waals surface area contributed by atoms with Gasteiger partial charge in [0, 0.05) is 25.2 Å². The lowest BCUT2D eigenvalue weighted by Crippen LogP contribution is -2.36. The van der Waals surface area contributed by atoms with Gasteiger partial charge in [0.05, 0.1) is 38.7 Å². The summed E-state index contributed by atoms with van der Waals surface area (Å²) >= 11 is 0. The predicted octanol–water partition coefficient (Wildman–Crippen LogP) is 3.05. The number of aryl methyl sites for hydroxylation is 1. The highest BCUT2D eigenvalue weighted by molar-refractivity contribution is 5.83. The maximum absolute atomic E-state index is 13.0. The van der Waals surface area contributed by atoms with Crippen molar-refractivity contribution in [2.75, 3.05) is 34.4 Å². The molecule has 1 aromatic heterocycles. The minimum absolute atomic E-state index is 0.0131. The van der Waals surface area contributed by atoms with Crippen LogP contribution in [0.25, 0.3) is 16.6 Å². The number of hydrogen-bond acceptors (Lipinski definition) is 6. The fourth-order valence-electron chi connectivity index (χ4n) is 4.26. The van der Waals surface area contributed by atoms with E-state index < -0.39 is 0 Å². The van der Waals surface area contributed by atoms with Crippen molar-refractivity contribution in [3.8, 4) is 17.2 Å². The summed E-state index contributed by atoms with van der Waals surface area (Å²) in [4.78, 5) is 31.3. The molecule has 8 nitrogen and oxygen atoms in total. The number of rotatable bonds is 6. The average molecular weight is 450 g/mol. The molecule has 0 saturated heterocycles. The monoisotopic (exact) mass is 449 g/mol. The molecule has 1 aliphatic rings. The van der Waals surface area contributed by atoms with Crippen molar-refractivity contribution in [2.45, 2.75) is 19.8 Å². The molecule has 2 heterocycles. The van der Waals surface area contributed by atoms with Crippen LogP contribution < -0.4 is 19.8 Å². The van der Waals surface area contributed by atoms with Gasteiger partial charge < -0.3 is 23.7 Å². The van der Waals surface area contributed by atoms with Gasteiger partial charge in [0.15, 0.2) is 11.5 Å². The van der Waals surface area contributed by atoms with Gasteiger partial charge in [0.1, 0.15) is 5.82 Å². The average Bonchev–Trinajstić information content (AvgIpc) is 2.83. The molecule has 0 spiro atoms. The lowest BCUT2D eigenvalue weighted by atomic mass is 10.1. The van der Waals surface area contributed by atoms with Crippen molar-refractivity contribution in [3.05, 3.63) is 64.2 Å². The molecule has 0 atom stereocenters. The number of carbonyl (C=O) groups excluding carboxylic acids is 1. The van der Waals surface area contributed by atoms with Crippen LogP contribution in [0.2, 0.25) is 0 Å². The Morgan fingerprint density at radius 2 is 1.76 bits per heavy atom. The van der Waals surface area contributed by atoms with Crippen molar-refractivity contribution in [1.29, 1.82) is 0 Å². The fraction of sp³-hybridized carbons (Fsp3) is 0.320. The number of carbonyl (C=O) groups is 1. The number of aromatic nitrogens is 2. The summed E-state index contributed by atoms with van der Waals surface area (Å²) in [5.41, 5.74) is 2.43. The smallest absolute Gasteiger partial charge is 0.280 e. The van der Waals surface area contributed by atoms with E-state index in [1.54, 1.807) is 39.5 Å². The molecule has 1 aliphatic heterocycles. The van der Waals surface area contributed by atoms with Crippen molar-refractivity contribution in [2.24, 2.45) is 0 Å². The van der Waals surface area contributed by atoms with Gasteiger partial charge in [-0.05, 0) is 42.8 Å². The lowest BCUT2D eigenvalue weighted by Gasteiger charge is -2.28. The molecule has 0 bridgehead atoms. The molecule has 33 heavy (non-hydrogen) atoms. The van der Waals surface area contributed by atoms with Crippen molar-refractivity contribution >= 4 is 22.5 Å². The Bertz CT molecular complexity index is 1270. The summed E-state index contributed by atoms with van der Waals surface area (Å²) in [6.45, 7) is 2.89. The molecule has 172 valence electrons. The van der Waals surface area contributed by atoms with Gasteiger partial charge in [0.25, 0.3) is 5.56 Å². The van der Waals surface area contributed by atoms with Gasteiger partial charge in [0.2, 0.25) is 11.7 Å². The summed E-state index contributed by atoms with van der Waals surface area (Å²) in [6, 6.07) is 11.1. The Kier molecular flexibility index (Phi) is 6.35. The number of methoxy groups -OCH3 is 3. The van der Waals surface area contributed by atoms with Gasteiger partial charge in [-0.2, -0.15) is 4.98 Å². The fourth-order valence-corrected chi connectivity index (χ4v) is 4.26. The highest BCUT2D eigenvalue weighted by Gasteiger charge is 2.22. The number of hydrogen-bond donors (Lipinski definition) is 0. The first kappa shape index (κ1) is 22.4. The minimum Gasteiger partial charge on any atom is -0.493 e. The molecule has 0 aliphatic carbocycles. The largest absolute Gasteiger partial charge is 0.493 e. The standard InChI is InChI=1S/C25H27N3O5/c1-16-26-25(30)19-7-5-6-8-20(19)28(16)18-9-11-27(12-10-18)23(29)15-17-13-21(31-2)24(33-4)22(14-17)32-3/h5-9,13-14H,10-12,15H2,1-4H3. The summed E-state index contributed by atoms with van der Waals surface area (Å²) in [5.74, 6) is 2.20. The molecule has 2 aromatic carbocycles. The van der Waals surface area contributed by atoms with E-state index in [-0.39, 0.29) is 17.9 Å². The van der Waals surface area contributed by atoms with Crippen molar-refractivity contribution < 1.29 is 19.0 Å². The number of ether oxygens (including phenoxy) is 3. The van der Waals surface area contributed by atoms with Crippen LogP contribution in [-0.4, -0.2) is 54.8 Å². The first-order chi connectivity index (χ1) is 16.0. The van der Waals surface area contributed by atoms with Crippen molar-refractivity contribution in [1.82, 2.24) is 14.5 Å². The first-order valence-electron chi connectivity index (χ1n) is 10.7. The van der Waals surface area contributed by atoms with Crippen LogP contribution in [0.1, 0.15) is 17.8 Å². The second-order valence-electron chi connectivity index (χ2n) is 7.81. The molecule has 0 unspecified atom stereocenters.